The van der Waals surface area contributed by atoms with Gasteiger partial charge in [0.25, 0.3) is 0 Å². The van der Waals surface area contributed by atoms with Crippen LogP contribution in [0.15, 0.2) is 0 Å². The van der Waals surface area contributed by atoms with Crippen LogP contribution in [0.5, 0.6) is 0 Å². The van der Waals surface area contributed by atoms with Crippen LogP contribution in [0.2, 0.25) is 0 Å². The third kappa shape index (κ3) is 1.14. The van der Waals surface area contributed by atoms with Crippen LogP contribution in [-0.2, 0) is 4.74 Å². The van der Waals surface area contributed by atoms with E-state index in [1.165, 1.54) is 25.7 Å². The first-order chi connectivity index (χ1) is 8.18. The lowest BCUT2D eigenvalue weighted by Crippen LogP contribution is -2.60. The van der Waals surface area contributed by atoms with Crippen molar-refractivity contribution in [3.05, 3.63) is 0 Å². The summed E-state index contributed by atoms with van der Waals surface area (Å²) in [6, 6.07) is 0. The lowest BCUT2D eigenvalue weighted by molar-refractivity contribution is -0.143. The number of fused-ring (bicyclic) bond motifs is 4. The van der Waals surface area contributed by atoms with Gasteiger partial charge in [-0.3, -0.25) is 0 Å². The molecule has 4 rings (SSSR count). The predicted octanol–water partition coefficient (Wildman–Crippen LogP) is 1.43. The highest BCUT2D eigenvalue weighted by molar-refractivity contribution is 5.17. The van der Waals surface area contributed by atoms with Gasteiger partial charge in [-0.05, 0) is 56.8 Å². The van der Waals surface area contributed by atoms with Crippen LogP contribution in [0.3, 0.4) is 0 Å². The number of aliphatic hydroxyl groups is 1. The highest BCUT2D eigenvalue weighted by Crippen LogP contribution is 2.63. The Morgan fingerprint density at radius 3 is 2.53 bits per heavy atom. The van der Waals surface area contributed by atoms with Gasteiger partial charge in [0.15, 0.2) is 0 Å². The summed E-state index contributed by atoms with van der Waals surface area (Å²) in [5.74, 6) is 1.26. The Bertz CT molecular complexity index is 347. The quantitative estimate of drug-likeness (QED) is 0.764. The molecule has 2 saturated heterocycles. The topological polar surface area (TPSA) is 55.5 Å². The van der Waals surface area contributed by atoms with Crippen molar-refractivity contribution in [3.63, 3.8) is 0 Å². The molecule has 4 bridgehead atoms. The van der Waals surface area contributed by atoms with Crippen LogP contribution < -0.4 is 5.73 Å². The van der Waals surface area contributed by atoms with E-state index in [0.29, 0.717) is 18.6 Å². The summed E-state index contributed by atoms with van der Waals surface area (Å²) in [4.78, 5) is 0. The number of hydrogen-bond acceptors (Lipinski definition) is 3. The molecule has 96 valence electrons. The first kappa shape index (κ1) is 10.8. The fraction of sp³-hybridized carbons (Fsp3) is 1.00. The van der Waals surface area contributed by atoms with Crippen molar-refractivity contribution >= 4 is 0 Å². The molecule has 2 saturated carbocycles. The summed E-state index contributed by atoms with van der Waals surface area (Å²) in [6.45, 7) is 0.605. The highest BCUT2D eigenvalue weighted by Gasteiger charge is 2.67. The molecular weight excluding hydrogens is 214 g/mol. The largest absolute Gasteiger partial charge is 0.389 e. The Labute approximate surface area is 103 Å². The molecule has 6 unspecified atom stereocenters. The maximum atomic E-state index is 11.3. The molecule has 17 heavy (non-hydrogen) atoms. The van der Waals surface area contributed by atoms with Crippen molar-refractivity contribution in [1.29, 1.82) is 0 Å². The first-order valence-electron chi connectivity index (χ1n) is 7.26. The van der Waals surface area contributed by atoms with Crippen molar-refractivity contribution in [2.45, 2.75) is 62.8 Å². The molecule has 0 radical (unpaired) electrons. The fourth-order valence-electron chi connectivity index (χ4n) is 5.56. The lowest BCUT2D eigenvalue weighted by Gasteiger charge is -2.50. The van der Waals surface area contributed by atoms with E-state index in [1.807, 2.05) is 0 Å². The van der Waals surface area contributed by atoms with E-state index in [-0.39, 0.29) is 11.5 Å². The maximum Gasteiger partial charge on any atom is 0.0772 e. The molecule has 0 aromatic heterocycles. The Balaban J connectivity index is 1.72. The molecule has 2 heterocycles. The molecule has 0 aromatic carbocycles. The molecule has 3 heteroatoms. The van der Waals surface area contributed by atoms with Gasteiger partial charge in [0.1, 0.15) is 0 Å². The third-order valence-electron chi connectivity index (χ3n) is 6.36. The number of hydrogen-bond donors (Lipinski definition) is 2. The molecule has 2 aliphatic heterocycles. The van der Waals surface area contributed by atoms with Gasteiger partial charge in [0.05, 0.1) is 17.8 Å². The number of ether oxygens (including phenoxy) is 1. The van der Waals surface area contributed by atoms with E-state index in [1.54, 1.807) is 0 Å². The zero-order chi connectivity index (χ0) is 11.7. The van der Waals surface area contributed by atoms with Gasteiger partial charge >= 0.3 is 0 Å². The first-order valence-corrected chi connectivity index (χ1v) is 7.26. The third-order valence-corrected chi connectivity index (χ3v) is 6.36. The maximum absolute atomic E-state index is 11.3. The molecule has 0 amide bonds. The monoisotopic (exact) mass is 237 g/mol. The van der Waals surface area contributed by atoms with Crippen LogP contribution in [0.4, 0.5) is 0 Å². The zero-order valence-electron chi connectivity index (χ0n) is 10.4. The Hall–Kier alpha value is -0.120. The van der Waals surface area contributed by atoms with Crippen LogP contribution >= 0.6 is 0 Å². The van der Waals surface area contributed by atoms with Gasteiger partial charge in [-0.15, -0.1) is 0 Å². The van der Waals surface area contributed by atoms with Gasteiger partial charge in [-0.2, -0.15) is 0 Å². The van der Waals surface area contributed by atoms with Crippen LogP contribution in [0.1, 0.15) is 44.9 Å². The second-order valence-electron chi connectivity index (χ2n) is 6.89. The average molecular weight is 237 g/mol. The average Bonchev–Trinajstić information content (AvgIpc) is 3.06. The van der Waals surface area contributed by atoms with Gasteiger partial charge in [0.2, 0.25) is 0 Å². The van der Waals surface area contributed by atoms with E-state index in [4.69, 9.17) is 10.5 Å². The summed E-state index contributed by atoms with van der Waals surface area (Å²) in [5.41, 5.74) is 5.49. The molecule has 4 aliphatic rings. The fourth-order valence-corrected chi connectivity index (χ4v) is 5.56. The van der Waals surface area contributed by atoms with Crippen molar-refractivity contribution in [2.24, 2.45) is 23.0 Å². The predicted molar refractivity (Wildman–Crippen MR) is 64.4 cm³/mol. The molecule has 3 N–H and O–H groups in total. The summed E-state index contributed by atoms with van der Waals surface area (Å²) in [7, 11) is 0. The van der Waals surface area contributed by atoms with Gasteiger partial charge in [-0.25, -0.2) is 0 Å². The number of rotatable bonds is 2. The summed E-state index contributed by atoms with van der Waals surface area (Å²) in [6.07, 6.45) is 8.67. The van der Waals surface area contributed by atoms with Crippen molar-refractivity contribution in [1.82, 2.24) is 0 Å². The summed E-state index contributed by atoms with van der Waals surface area (Å²) < 4.78 is 6.02. The number of nitrogens with two attached hydrogens (primary N) is 1. The van der Waals surface area contributed by atoms with Gasteiger partial charge in [0, 0.05) is 12.0 Å². The molecule has 6 atom stereocenters. The van der Waals surface area contributed by atoms with E-state index in [2.05, 4.69) is 0 Å². The van der Waals surface area contributed by atoms with Crippen LogP contribution in [0.25, 0.3) is 0 Å². The zero-order valence-corrected chi connectivity index (χ0v) is 10.4. The smallest absolute Gasteiger partial charge is 0.0772 e. The van der Waals surface area contributed by atoms with Gasteiger partial charge in [-0.1, -0.05) is 0 Å². The summed E-state index contributed by atoms with van der Waals surface area (Å²) in [5, 5.41) is 11.3. The lowest BCUT2D eigenvalue weighted by atomic mass is 9.58. The molecule has 0 aromatic rings. The molecule has 4 fully saturated rings. The minimum atomic E-state index is -0.509. The van der Waals surface area contributed by atoms with Crippen molar-refractivity contribution in [3.8, 4) is 0 Å². The second-order valence-corrected chi connectivity index (χ2v) is 6.89. The van der Waals surface area contributed by atoms with E-state index < -0.39 is 5.60 Å². The molecule has 0 spiro atoms. The van der Waals surface area contributed by atoms with E-state index in [0.717, 1.165) is 25.2 Å². The standard InChI is InChI=1S/C14H23NO2/c15-8-13(7-11-3-4-12(13)17-11)14(16)6-9-1-2-10(14)5-9/h9-12,16H,1-8,15H2. The highest BCUT2D eigenvalue weighted by atomic mass is 16.5. The van der Waals surface area contributed by atoms with Crippen molar-refractivity contribution in [2.75, 3.05) is 6.54 Å². The molecular formula is C14H23NO2. The Morgan fingerprint density at radius 2 is 2.06 bits per heavy atom. The Kier molecular flexibility index (Phi) is 2.06. The minimum absolute atomic E-state index is 0.115. The van der Waals surface area contributed by atoms with Crippen molar-refractivity contribution < 1.29 is 9.84 Å². The van der Waals surface area contributed by atoms with Crippen LogP contribution in [0, 0.1) is 17.3 Å². The molecule has 3 nitrogen and oxygen atoms in total. The van der Waals surface area contributed by atoms with E-state index in [9.17, 15) is 5.11 Å². The second kappa shape index (κ2) is 3.25. The SMILES string of the molecule is NCC1(C2(O)CC3CCC2C3)CC2CCC1O2. The van der Waals surface area contributed by atoms with Crippen LogP contribution in [-0.4, -0.2) is 29.5 Å². The Morgan fingerprint density at radius 1 is 1.18 bits per heavy atom. The van der Waals surface area contributed by atoms with E-state index >= 15 is 0 Å². The minimum Gasteiger partial charge on any atom is -0.389 e. The summed E-state index contributed by atoms with van der Waals surface area (Å²) >= 11 is 0. The molecule has 2 aliphatic carbocycles. The normalized spacial score (nSPS) is 60.4. The van der Waals surface area contributed by atoms with Gasteiger partial charge < -0.3 is 15.6 Å².